The van der Waals surface area contributed by atoms with E-state index in [1.807, 2.05) is 24.4 Å². The van der Waals surface area contributed by atoms with Gasteiger partial charge in [-0.1, -0.05) is 35.4 Å². The molecule has 1 aromatic carbocycles. The van der Waals surface area contributed by atoms with Crippen LogP contribution in [0.2, 0.25) is 0 Å². The molecule has 0 bridgehead atoms. The molecule has 2 rings (SSSR count). The average molecular weight is 452 g/mol. The van der Waals surface area contributed by atoms with Crippen LogP contribution in [0.15, 0.2) is 47.6 Å². The first-order chi connectivity index (χ1) is 11.7. The Morgan fingerprint density at radius 3 is 2.44 bits per heavy atom. The minimum atomic E-state index is 0. The van der Waals surface area contributed by atoms with Crippen molar-refractivity contribution in [1.29, 1.82) is 0 Å². The Morgan fingerprint density at radius 2 is 1.80 bits per heavy atom. The topological polar surface area (TPSA) is 49.3 Å². The molecule has 5 heteroatoms. The van der Waals surface area contributed by atoms with E-state index in [1.165, 1.54) is 16.7 Å². The summed E-state index contributed by atoms with van der Waals surface area (Å²) < 4.78 is 0. The highest BCUT2D eigenvalue weighted by Gasteiger charge is 2.00. The first-order valence-electron chi connectivity index (χ1n) is 8.66. The molecule has 136 valence electrons. The second-order valence-electron chi connectivity index (χ2n) is 6.00. The van der Waals surface area contributed by atoms with Crippen molar-refractivity contribution in [3.63, 3.8) is 0 Å². The Kier molecular flexibility index (Phi) is 10.1. The molecule has 0 aliphatic heterocycles. The zero-order valence-electron chi connectivity index (χ0n) is 15.4. The van der Waals surface area contributed by atoms with Gasteiger partial charge >= 0.3 is 0 Å². The summed E-state index contributed by atoms with van der Waals surface area (Å²) in [5, 5.41) is 6.71. The molecule has 0 aliphatic carbocycles. The lowest BCUT2D eigenvalue weighted by Gasteiger charge is -2.12. The van der Waals surface area contributed by atoms with Gasteiger partial charge < -0.3 is 10.6 Å². The number of hydrogen-bond donors (Lipinski definition) is 2. The number of nitrogens with one attached hydrogen (secondary N) is 2. The fourth-order valence-corrected chi connectivity index (χ4v) is 2.71. The quantitative estimate of drug-likeness (QED) is 0.383. The number of pyridine rings is 1. The van der Waals surface area contributed by atoms with Crippen molar-refractivity contribution in [2.75, 3.05) is 19.6 Å². The van der Waals surface area contributed by atoms with Crippen molar-refractivity contribution < 1.29 is 0 Å². The normalized spacial score (nSPS) is 10.9. The molecule has 0 fully saturated rings. The fraction of sp³-hybridized carbons (Fsp3) is 0.400. The third kappa shape index (κ3) is 8.34. The van der Waals surface area contributed by atoms with Gasteiger partial charge in [0.2, 0.25) is 0 Å². The molecule has 0 saturated carbocycles. The molecule has 2 aromatic rings. The number of hydrogen-bond acceptors (Lipinski definition) is 2. The van der Waals surface area contributed by atoms with Crippen LogP contribution in [-0.2, 0) is 12.8 Å². The molecule has 1 aromatic heterocycles. The van der Waals surface area contributed by atoms with Crippen LogP contribution in [0.3, 0.4) is 0 Å². The molecule has 0 saturated heterocycles. The van der Waals surface area contributed by atoms with Crippen LogP contribution in [0, 0.1) is 13.8 Å². The lowest BCUT2D eigenvalue weighted by atomic mass is 10.1. The van der Waals surface area contributed by atoms with Crippen LogP contribution in [0.5, 0.6) is 0 Å². The van der Waals surface area contributed by atoms with Gasteiger partial charge in [-0.2, -0.15) is 0 Å². The van der Waals surface area contributed by atoms with E-state index in [0.29, 0.717) is 0 Å². The van der Waals surface area contributed by atoms with Crippen LogP contribution in [0.4, 0.5) is 0 Å². The molecule has 4 nitrogen and oxygen atoms in total. The SMILES string of the molecule is CCNC(=NCCc1ccccn1)NCCc1cc(C)cc(C)c1.I. The molecule has 25 heavy (non-hydrogen) atoms. The number of rotatable bonds is 7. The summed E-state index contributed by atoms with van der Waals surface area (Å²) in [6, 6.07) is 12.7. The Labute approximate surface area is 168 Å². The molecule has 0 amide bonds. The summed E-state index contributed by atoms with van der Waals surface area (Å²) in [5.41, 5.74) is 5.08. The van der Waals surface area contributed by atoms with Crippen LogP contribution >= 0.6 is 24.0 Å². The van der Waals surface area contributed by atoms with E-state index in [1.54, 1.807) is 0 Å². The summed E-state index contributed by atoms with van der Waals surface area (Å²) in [5.74, 6) is 0.873. The Morgan fingerprint density at radius 1 is 1.04 bits per heavy atom. The number of halogens is 1. The maximum atomic E-state index is 4.63. The zero-order chi connectivity index (χ0) is 17.2. The third-order valence-electron chi connectivity index (χ3n) is 3.70. The van der Waals surface area contributed by atoms with E-state index in [0.717, 1.165) is 44.1 Å². The molecule has 1 heterocycles. The van der Waals surface area contributed by atoms with Crippen molar-refractivity contribution >= 4 is 29.9 Å². The van der Waals surface area contributed by atoms with Gasteiger partial charge in [-0.3, -0.25) is 9.98 Å². The number of aliphatic imine (C=N–C) groups is 1. The van der Waals surface area contributed by atoms with Gasteiger partial charge in [-0.25, -0.2) is 0 Å². The number of aryl methyl sites for hydroxylation is 2. The van der Waals surface area contributed by atoms with E-state index in [2.05, 4.69) is 59.6 Å². The predicted octanol–water partition coefficient (Wildman–Crippen LogP) is 3.66. The van der Waals surface area contributed by atoms with E-state index < -0.39 is 0 Å². The summed E-state index contributed by atoms with van der Waals surface area (Å²) in [7, 11) is 0. The number of nitrogens with zero attached hydrogens (tertiary/aromatic N) is 2. The molecular formula is C20H29IN4. The highest BCUT2D eigenvalue weighted by atomic mass is 127. The van der Waals surface area contributed by atoms with Crippen molar-refractivity contribution in [2.24, 2.45) is 4.99 Å². The van der Waals surface area contributed by atoms with Gasteiger partial charge in [0.15, 0.2) is 5.96 Å². The first kappa shape index (κ1) is 21.4. The summed E-state index contributed by atoms with van der Waals surface area (Å²) in [6.07, 6.45) is 3.67. The minimum absolute atomic E-state index is 0. The van der Waals surface area contributed by atoms with Gasteiger partial charge in [0.25, 0.3) is 0 Å². The van der Waals surface area contributed by atoms with Gasteiger partial charge in [0.1, 0.15) is 0 Å². The zero-order valence-corrected chi connectivity index (χ0v) is 17.7. The molecule has 2 N–H and O–H groups in total. The number of guanidine groups is 1. The summed E-state index contributed by atoms with van der Waals surface area (Å²) in [4.78, 5) is 8.96. The van der Waals surface area contributed by atoms with E-state index >= 15 is 0 Å². The first-order valence-corrected chi connectivity index (χ1v) is 8.66. The molecule has 0 radical (unpaired) electrons. The molecular weight excluding hydrogens is 423 g/mol. The number of benzene rings is 1. The lowest BCUT2D eigenvalue weighted by Crippen LogP contribution is -2.38. The molecule has 0 spiro atoms. The second-order valence-corrected chi connectivity index (χ2v) is 6.00. The number of aromatic nitrogens is 1. The van der Waals surface area contributed by atoms with Crippen molar-refractivity contribution in [2.45, 2.75) is 33.6 Å². The Hall–Kier alpha value is -1.63. The predicted molar refractivity (Wildman–Crippen MR) is 117 cm³/mol. The van der Waals surface area contributed by atoms with Gasteiger partial charge in [0.05, 0.1) is 0 Å². The van der Waals surface area contributed by atoms with Gasteiger partial charge in [-0.15, -0.1) is 24.0 Å². The van der Waals surface area contributed by atoms with E-state index in [4.69, 9.17) is 0 Å². The third-order valence-corrected chi connectivity index (χ3v) is 3.70. The van der Waals surface area contributed by atoms with Gasteiger partial charge in [-0.05, 0) is 44.9 Å². The van der Waals surface area contributed by atoms with Crippen LogP contribution in [-0.4, -0.2) is 30.6 Å². The van der Waals surface area contributed by atoms with Crippen molar-refractivity contribution in [3.05, 3.63) is 65.0 Å². The Balaban J connectivity index is 0.00000312. The maximum Gasteiger partial charge on any atom is 0.191 e. The monoisotopic (exact) mass is 452 g/mol. The van der Waals surface area contributed by atoms with Crippen LogP contribution < -0.4 is 10.6 Å². The fourth-order valence-electron chi connectivity index (χ4n) is 2.71. The summed E-state index contributed by atoms with van der Waals surface area (Å²) >= 11 is 0. The molecule has 0 aliphatic rings. The second kappa shape index (κ2) is 11.8. The van der Waals surface area contributed by atoms with Crippen molar-refractivity contribution in [1.82, 2.24) is 15.6 Å². The summed E-state index contributed by atoms with van der Waals surface area (Å²) in [6.45, 7) is 8.84. The largest absolute Gasteiger partial charge is 0.357 e. The van der Waals surface area contributed by atoms with Crippen LogP contribution in [0.1, 0.15) is 29.3 Å². The highest BCUT2D eigenvalue weighted by Crippen LogP contribution is 2.08. The maximum absolute atomic E-state index is 4.63. The average Bonchev–Trinajstić information content (AvgIpc) is 2.55. The van der Waals surface area contributed by atoms with Gasteiger partial charge in [0, 0.05) is 37.9 Å². The van der Waals surface area contributed by atoms with Crippen LogP contribution in [0.25, 0.3) is 0 Å². The Bertz CT molecular complexity index is 636. The minimum Gasteiger partial charge on any atom is -0.357 e. The lowest BCUT2D eigenvalue weighted by molar-refractivity contribution is 0.793. The molecule has 0 unspecified atom stereocenters. The molecule has 0 atom stereocenters. The standard InChI is InChI=1S/C20H28N4.HI/c1-4-21-20(24-12-9-19-7-5-6-10-22-19)23-11-8-18-14-16(2)13-17(3)15-18;/h5-7,10,13-15H,4,8-9,11-12H2,1-3H3,(H2,21,23,24);1H. The van der Waals surface area contributed by atoms with E-state index in [-0.39, 0.29) is 24.0 Å². The van der Waals surface area contributed by atoms with E-state index in [9.17, 15) is 0 Å². The highest BCUT2D eigenvalue weighted by molar-refractivity contribution is 14.0. The van der Waals surface area contributed by atoms with Crippen molar-refractivity contribution in [3.8, 4) is 0 Å². The smallest absolute Gasteiger partial charge is 0.191 e.